The molecule has 122 valence electrons. The molecule has 24 heavy (non-hydrogen) atoms. The predicted octanol–water partition coefficient (Wildman–Crippen LogP) is 4.45. The first-order valence-corrected chi connectivity index (χ1v) is 8.68. The maximum atomic E-state index is 12.5. The summed E-state index contributed by atoms with van der Waals surface area (Å²) in [5, 5.41) is 7.50. The van der Waals surface area contributed by atoms with Gasteiger partial charge in [0.15, 0.2) is 11.6 Å². The molecule has 0 saturated heterocycles. The molecule has 4 nitrogen and oxygen atoms in total. The third-order valence-electron chi connectivity index (χ3n) is 3.78. The number of nitrogens with one attached hydrogen (secondary N) is 1. The van der Waals surface area contributed by atoms with E-state index in [1.807, 2.05) is 69.3 Å². The fourth-order valence-electron chi connectivity index (χ4n) is 2.30. The minimum Gasteiger partial charge on any atom is -0.293 e. The lowest BCUT2D eigenvalue weighted by Crippen LogP contribution is -2.13. The van der Waals surface area contributed by atoms with Gasteiger partial charge in [0.25, 0.3) is 0 Å². The van der Waals surface area contributed by atoms with Gasteiger partial charge in [-0.25, -0.2) is 4.98 Å². The lowest BCUT2D eigenvalue weighted by atomic mass is 10.1. The summed E-state index contributed by atoms with van der Waals surface area (Å²) < 4.78 is 0. The lowest BCUT2D eigenvalue weighted by molar-refractivity contribution is 0.0994. The molecular formula is C19H19N3OS. The first-order valence-electron chi connectivity index (χ1n) is 7.80. The molecule has 1 atom stereocenters. The van der Waals surface area contributed by atoms with E-state index in [0.29, 0.717) is 11.0 Å². The predicted molar refractivity (Wildman–Crippen MR) is 97.4 cm³/mol. The topological polar surface area (TPSA) is 58.6 Å². The van der Waals surface area contributed by atoms with E-state index in [-0.39, 0.29) is 11.0 Å². The van der Waals surface area contributed by atoms with Gasteiger partial charge in [-0.1, -0.05) is 71.4 Å². The average molecular weight is 337 g/mol. The van der Waals surface area contributed by atoms with Crippen molar-refractivity contribution in [1.29, 1.82) is 0 Å². The monoisotopic (exact) mass is 337 g/mol. The van der Waals surface area contributed by atoms with Gasteiger partial charge in [-0.3, -0.25) is 9.89 Å². The molecule has 1 heterocycles. The minimum atomic E-state index is -0.241. The minimum absolute atomic E-state index is 0.0849. The van der Waals surface area contributed by atoms with Gasteiger partial charge in [-0.05, 0) is 20.8 Å². The summed E-state index contributed by atoms with van der Waals surface area (Å²) in [5.74, 6) is 0.800. The molecule has 1 aromatic heterocycles. The van der Waals surface area contributed by atoms with Gasteiger partial charge in [0.2, 0.25) is 5.16 Å². The van der Waals surface area contributed by atoms with Crippen molar-refractivity contribution in [2.75, 3.05) is 0 Å². The van der Waals surface area contributed by atoms with Crippen LogP contribution in [0.1, 0.15) is 28.4 Å². The molecule has 0 unspecified atom stereocenters. The number of carbonyl (C=O) groups is 1. The second kappa shape index (κ2) is 7.01. The van der Waals surface area contributed by atoms with Crippen LogP contribution in [-0.2, 0) is 0 Å². The number of thioether (sulfide) groups is 1. The van der Waals surface area contributed by atoms with Crippen molar-refractivity contribution in [1.82, 2.24) is 15.2 Å². The van der Waals surface area contributed by atoms with E-state index in [9.17, 15) is 4.79 Å². The molecule has 3 rings (SSSR count). The summed E-state index contributed by atoms with van der Waals surface area (Å²) in [7, 11) is 0. The van der Waals surface area contributed by atoms with Crippen LogP contribution in [-0.4, -0.2) is 26.2 Å². The van der Waals surface area contributed by atoms with E-state index in [4.69, 9.17) is 0 Å². The molecule has 3 aromatic rings. The number of carbonyl (C=O) groups excluding carboxylic acids is 1. The number of nitrogens with zero attached hydrogens (tertiary/aromatic N) is 2. The summed E-state index contributed by atoms with van der Waals surface area (Å²) in [6, 6.07) is 15.7. The molecule has 0 bridgehead atoms. The van der Waals surface area contributed by atoms with E-state index in [1.54, 1.807) is 0 Å². The van der Waals surface area contributed by atoms with Crippen LogP contribution in [0, 0.1) is 13.8 Å². The van der Waals surface area contributed by atoms with Crippen LogP contribution in [0.5, 0.6) is 0 Å². The molecule has 2 aromatic carbocycles. The van der Waals surface area contributed by atoms with Gasteiger partial charge in [-0.2, -0.15) is 0 Å². The van der Waals surface area contributed by atoms with Gasteiger partial charge in [0.1, 0.15) is 0 Å². The van der Waals surface area contributed by atoms with Crippen LogP contribution in [0.25, 0.3) is 11.4 Å². The van der Waals surface area contributed by atoms with Crippen molar-refractivity contribution in [2.45, 2.75) is 31.2 Å². The third-order valence-corrected chi connectivity index (χ3v) is 4.74. The zero-order valence-electron chi connectivity index (χ0n) is 13.9. The largest absolute Gasteiger partial charge is 0.293 e. The van der Waals surface area contributed by atoms with E-state index in [0.717, 1.165) is 16.7 Å². The van der Waals surface area contributed by atoms with Crippen molar-refractivity contribution in [3.63, 3.8) is 0 Å². The number of benzene rings is 2. The summed E-state index contributed by atoms with van der Waals surface area (Å²) in [5.41, 5.74) is 4.04. The van der Waals surface area contributed by atoms with Crippen LogP contribution in [0.3, 0.4) is 0 Å². The van der Waals surface area contributed by atoms with Gasteiger partial charge in [0, 0.05) is 11.1 Å². The fraction of sp³-hybridized carbons (Fsp3) is 0.211. The lowest BCUT2D eigenvalue weighted by Gasteiger charge is -2.07. The number of Topliss-reactive ketones (excluding diaryl/α,β-unsaturated/α-hetero) is 1. The van der Waals surface area contributed by atoms with Gasteiger partial charge >= 0.3 is 0 Å². The van der Waals surface area contributed by atoms with Crippen LogP contribution < -0.4 is 0 Å². The zero-order chi connectivity index (χ0) is 17.1. The van der Waals surface area contributed by atoms with E-state index in [2.05, 4.69) is 15.2 Å². The van der Waals surface area contributed by atoms with Crippen LogP contribution in [0.2, 0.25) is 0 Å². The van der Waals surface area contributed by atoms with E-state index in [1.165, 1.54) is 17.3 Å². The Morgan fingerprint density at radius 1 is 1.00 bits per heavy atom. The molecule has 0 aliphatic carbocycles. The standard InChI is InChI=1S/C19H19N3OS/c1-12-4-8-15(9-5-12)17(23)14(3)24-19-20-18(21-22-19)16-10-6-13(2)7-11-16/h4-11,14H,1-3H3,(H,20,21,22)/t14-/m0/s1. The Morgan fingerprint density at radius 2 is 1.58 bits per heavy atom. The number of rotatable bonds is 5. The highest BCUT2D eigenvalue weighted by atomic mass is 32.2. The highest BCUT2D eigenvalue weighted by Gasteiger charge is 2.19. The molecule has 0 fully saturated rings. The average Bonchev–Trinajstić information content (AvgIpc) is 3.04. The number of aromatic amines is 1. The van der Waals surface area contributed by atoms with E-state index >= 15 is 0 Å². The van der Waals surface area contributed by atoms with Gasteiger partial charge in [-0.15, -0.1) is 5.10 Å². The second-order valence-corrected chi connectivity index (χ2v) is 7.13. The normalized spacial score (nSPS) is 12.1. The third kappa shape index (κ3) is 3.74. The quantitative estimate of drug-likeness (QED) is 0.552. The molecule has 0 spiro atoms. The fourth-order valence-corrected chi connectivity index (χ4v) is 3.11. The molecule has 1 N–H and O–H groups in total. The number of H-pyrrole nitrogens is 1. The molecule has 0 radical (unpaired) electrons. The number of hydrogen-bond acceptors (Lipinski definition) is 4. The first-order chi connectivity index (χ1) is 11.5. The Hall–Kier alpha value is -2.40. The highest BCUT2D eigenvalue weighted by Crippen LogP contribution is 2.25. The van der Waals surface area contributed by atoms with Crippen LogP contribution >= 0.6 is 11.8 Å². The SMILES string of the molecule is Cc1ccc(C(=O)[C@H](C)Sc2n[nH]c(-c3ccc(C)cc3)n2)cc1. The number of hydrogen-bond donors (Lipinski definition) is 1. The Bertz CT molecular complexity index is 838. The molecule has 0 saturated carbocycles. The van der Waals surface area contributed by atoms with Crippen LogP contribution in [0.4, 0.5) is 0 Å². The number of aryl methyl sites for hydroxylation is 2. The summed E-state index contributed by atoms with van der Waals surface area (Å²) in [4.78, 5) is 17.0. The maximum absolute atomic E-state index is 12.5. The van der Waals surface area contributed by atoms with Gasteiger partial charge in [0.05, 0.1) is 5.25 Å². The van der Waals surface area contributed by atoms with E-state index < -0.39 is 0 Å². The first kappa shape index (κ1) is 16.5. The van der Waals surface area contributed by atoms with Crippen molar-refractivity contribution < 1.29 is 4.79 Å². The van der Waals surface area contributed by atoms with Crippen LogP contribution in [0.15, 0.2) is 53.7 Å². The second-order valence-electron chi connectivity index (χ2n) is 5.82. The Balaban J connectivity index is 1.70. The molecular weight excluding hydrogens is 318 g/mol. The summed E-state index contributed by atoms with van der Waals surface area (Å²) in [6.07, 6.45) is 0. The smallest absolute Gasteiger partial charge is 0.209 e. The maximum Gasteiger partial charge on any atom is 0.209 e. The molecule has 0 amide bonds. The number of ketones is 1. The molecule has 5 heteroatoms. The molecule has 0 aliphatic rings. The highest BCUT2D eigenvalue weighted by molar-refractivity contribution is 8.00. The Kier molecular flexibility index (Phi) is 4.81. The summed E-state index contributed by atoms with van der Waals surface area (Å²) >= 11 is 1.37. The number of aromatic nitrogens is 3. The van der Waals surface area contributed by atoms with Crippen molar-refractivity contribution in [3.8, 4) is 11.4 Å². The Labute approximate surface area is 145 Å². The van der Waals surface area contributed by atoms with Crippen molar-refractivity contribution in [2.24, 2.45) is 0 Å². The Morgan fingerprint density at radius 3 is 2.21 bits per heavy atom. The van der Waals surface area contributed by atoms with Crippen molar-refractivity contribution >= 4 is 17.5 Å². The van der Waals surface area contributed by atoms with Gasteiger partial charge < -0.3 is 0 Å². The van der Waals surface area contributed by atoms with Crippen molar-refractivity contribution in [3.05, 3.63) is 65.2 Å². The summed E-state index contributed by atoms with van der Waals surface area (Å²) in [6.45, 7) is 5.94. The molecule has 0 aliphatic heterocycles. The zero-order valence-corrected chi connectivity index (χ0v) is 14.7.